The van der Waals surface area contributed by atoms with E-state index in [0.29, 0.717) is 44.0 Å². The number of piperazine rings is 1. The molecule has 1 heterocycles. The van der Waals surface area contributed by atoms with E-state index >= 15 is 0 Å². The Morgan fingerprint density at radius 1 is 1.21 bits per heavy atom. The van der Waals surface area contributed by atoms with E-state index in [0.717, 1.165) is 0 Å². The normalized spacial score (nSPS) is 15.2. The van der Waals surface area contributed by atoms with Gasteiger partial charge in [0.1, 0.15) is 5.69 Å². The predicted molar refractivity (Wildman–Crippen MR) is 90.4 cm³/mol. The Hall–Kier alpha value is -2.48. The highest BCUT2D eigenvalue weighted by atomic mass is 16.6. The van der Waals surface area contributed by atoms with Crippen LogP contribution in [0.15, 0.2) is 18.2 Å². The number of likely N-dealkylation sites (N-methyl/N-ethyl adjacent to an activating group) is 1. The van der Waals surface area contributed by atoms with E-state index < -0.39 is 4.92 Å². The molecule has 1 aromatic rings. The Morgan fingerprint density at radius 3 is 2.33 bits per heavy atom. The minimum Gasteiger partial charge on any atom is -0.363 e. The SMILES string of the molecule is CC(=O)c1ccc(N2CCN(CC(=O)N(C)C)CC2)c([N+](=O)[O-])c1. The van der Waals surface area contributed by atoms with Crippen molar-refractivity contribution in [2.45, 2.75) is 6.92 Å². The summed E-state index contributed by atoms with van der Waals surface area (Å²) in [6, 6.07) is 4.59. The lowest BCUT2D eigenvalue weighted by Gasteiger charge is -2.35. The van der Waals surface area contributed by atoms with E-state index in [1.54, 1.807) is 31.1 Å². The smallest absolute Gasteiger partial charge is 0.293 e. The molecule has 0 unspecified atom stereocenters. The molecular formula is C16H22N4O4. The van der Waals surface area contributed by atoms with Crippen LogP contribution in [-0.2, 0) is 4.79 Å². The van der Waals surface area contributed by atoms with Crippen LogP contribution in [0.1, 0.15) is 17.3 Å². The van der Waals surface area contributed by atoms with Gasteiger partial charge in [-0.25, -0.2) is 0 Å². The zero-order valence-corrected chi connectivity index (χ0v) is 14.2. The van der Waals surface area contributed by atoms with Crippen molar-refractivity contribution >= 4 is 23.1 Å². The molecule has 1 saturated heterocycles. The van der Waals surface area contributed by atoms with Crippen LogP contribution in [0.3, 0.4) is 0 Å². The van der Waals surface area contributed by atoms with E-state index in [9.17, 15) is 19.7 Å². The van der Waals surface area contributed by atoms with E-state index in [1.807, 2.05) is 9.80 Å². The fraction of sp³-hybridized carbons (Fsp3) is 0.500. The second-order valence-electron chi connectivity index (χ2n) is 6.07. The number of carbonyl (C=O) groups is 2. The topological polar surface area (TPSA) is 87.0 Å². The van der Waals surface area contributed by atoms with Crippen LogP contribution in [-0.4, -0.2) is 73.2 Å². The van der Waals surface area contributed by atoms with Crippen LogP contribution in [0, 0.1) is 10.1 Å². The highest BCUT2D eigenvalue weighted by Crippen LogP contribution is 2.30. The molecule has 8 heteroatoms. The van der Waals surface area contributed by atoms with Gasteiger partial charge >= 0.3 is 0 Å². The number of hydrogen-bond donors (Lipinski definition) is 0. The second-order valence-corrected chi connectivity index (χ2v) is 6.07. The maximum Gasteiger partial charge on any atom is 0.293 e. The summed E-state index contributed by atoms with van der Waals surface area (Å²) in [6.45, 7) is 4.25. The third-order valence-corrected chi connectivity index (χ3v) is 4.15. The van der Waals surface area contributed by atoms with Crippen molar-refractivity contribution in [3.8, 4) is 0 Å². The van der Waals surface area contributed by atoms with E-state index in [1.165, 1.54) is 13.0 Å². The molecular weight excluding hydrogens is 312 g/mol. The highest BCUT2D eigenvalue weighted by Gasteiger charge is 2.25. The van der Waals surface area contributed by atoms with Gasteiger partial charge in [0.2, 0.25) is 5.91 Å². The van der Waals surface area contributed by atoms with Crippen LogP contribution in [0.2, 0.25) is 0 Å². The molecule has 0 N–H and O–H groups in total. The molecule has 24 heavy (non-hydrogen) atoms. The molecule has 1 fully saturated rings. The van der Waals surface area contributed by atoms with Gasteiger partial charge < -0.3 is 9.80 Å². The van der Waals surface area contributed by atoms with E-state index in [4.69, 9.17) is 0 Å². The zero-order chi connectivity index (χ0) is 17.9. The van der Waals surface area contributed by atoms with Gasteiger partial charge in [0, 0.05) is 51.9 Å². The minimum atomic E-state index is -0.455. The number of ketones is 1. The van der Waals surface area contributed by atoms with Crippen LogP contribution >= 0.6 is 0 Å². The molecule has 0 bridgehead atoms. The first-order valence-electron chi connectivity index (χ1n) is 7.76. The number of nitro groups is 1. The average Bonchev–Trinajstić information content (AvgIpc) is 2.54. The first-order chi connectivity index (χ1) is 11.3. The largest absolute Gasteiger partial charge is 0.363 e. The molecule has 130 valence electrons. The number of anilines is 1. The molecule has 0 radical (unpaired) electrons. The number of nitrogens with zero attached hydrogens (tertiary/aromatic N) is 4. The Morgan fingerprint density at radius 2 is 1.83 bits per heavy atom. The maximum atomic E-state index is 11.8. The highest BCUT2D eigenvalue weighted by molar-refractivity contribution is 5.95. The lowest BCUT2D eigenvalue weighted by molar-refractivity contribution is -0.384. The van der Waals surface area contributed by atoms with Gasteiger partial charge in [0.05, 0.1) is 11.5 Å². The van der Waals surface area contributed by atoms with Crippen molar-refractivity contribution in [1.29, 1.82) is 0 Å². The summed E-state index contributed by atoms with van der Waals surface area (Å²) >= 11 is 0. The lowest BCUT2D eigenvalue weighted by Crippen LogP contribution is -2.49. The zero-order valence-electron chi connectivity index (χ0n) is 14.2. The molecule has 0 aliphatic carbocycles. The number of amides is 1. The van der Waals surface area contributed by atoms with Crippen molar-refractivity contribution < 1.29 is 14.5 Å². The molecule has 1 aliphatic rings. The molecule has 0 spiro atoms. The Kier molecular flexibility index (Phi) is 5.50. The van der Waals surface area contributed by atoms with Gasteiger partial charge in [0.15, 0.2) is 5.78 Å². The number of rotatable bonds is 5. The molecule has 1 amide bonds. The monoisotopic (exact) mass is 334 g/mol. The molecule has 0 saturated carbocycles. The number of Topliss-reactive ketones (excluding diaryl/α,β-unsaturated/α-hetero) is 1. The van der Waals surface area contributed by atoms with Crippen molar-refractivity contribution in [2.24, 2.45) is 0 Å². The van der Waals surface area contributed by atoms with Crippen LogP contribution in [0.25, 0.3) is 0 Å². The summed E-state index contributed by atoms with van der Waals surface area (Å²) < 4.78 is 0. The molecule has 8 nitrogen and oxygen atoms in total. The number of carbonyl (C=O) groups excluding carboxylic acids is 2. The average molecular weight is 334 g/mol. The van der Waals surface area contributed by atoms with Gasteiger partial charge in [-0.1, -0.05) is 0 Å². The molecule has 1 aliphatic heterocycles. The summed E-state index contributed by atoms with van der Waals surface area (Å²) in [6.07, 6.45) is 0. The lowest BCUT2D eigenvalue weighted by atomic mass is 10.1. The third kappa shape index (κ3) is 4.08. The first-order valence-corrected chi connectivity index (χ1v) is 7.76. The third-order valence-electron chi connectivity index (χ3n) is 4.15. The predicted octanol–water partition coefficient (Wildman–Crippen LogP) is 1.01. The van der Waals surface area contributed by atoms with Crippen LogP contribution < -0.4 is 4.90 Å². The van der Waals surface area contributed by atoms with E-state index in [2.05, 4.69) is 0 Å². The van der Waals surface area contributed by atoms with Gasteiger partial charge in [-0.2, -0.15) is 0 Å². The van der Waals surface area contributed by atoms with Crippen molar-refractivity contribution in [3.05, 3.63) is 33.9 Å². The summed E-state index contributed by atoms with van der Waals surface area (Å²) in [5, 5.41) is 11.3. The summed E-state index contributed by atoms with van der Waals surface area (Å²) in [5.41, 5.74) is 0.796. The molecule has 1 aromatic carbocycles. The van der Waals surface area contributed by atoms with Crippen molar-refractivity contribution in [2.75, 3.05) is 51.7 Å². The Bertz CT molecular complexity index is 651. The summed E-state index contributed by atoms with van der Waals surface area (Å²) in [5.74, 6) is -0.156. The van der Waals surface area contributed by atoms with Crippen molar-refractivity contribution in [1.82, 2.24) is 9.80 Å². The van der Waals surface area contributed by atoms with Crippen molar-refractivity contribution in [3.63, 3.8) is 0 Å². The van der Waals surface area contributed by atoms with Gasteiger partial charge in [-0.15, -0.1) is 0 Å². The summed E-state index contributed by atoms with van der Waals surface area (Å²) in [7, 11) is 3.44. The molecule has 0 atom stereocenters. The number of hydrogen-bond acceptors (Lipinski definition) is 6. The van der Waals surface area contributed by atoms with Gasteiger partial charge in [-0.05, 0) is 19.1 Å². The quantitative estimate of drug-likeness (QED) is 0.454. The Balaban J connectivity index is 2.10. The van der Waals surface area contributed by atoms with Crippen LogP contribution in [0.4, 0.5) is 11.4 Å². The van der Waals surface area contributed by atoms with E-state index in [-0.39, 0.29) is 17.4 Å². The van der Waals surface area contributed by atoms with Crippen LogP contribution in [0.5, 0.6) is 0 Å². The maximum absolute atomic E-state index is 11.8. The number of benzene rings is 1. The van der Waals surface area contributed by atoms with Gasteiger partial charge in [-0.3, -0.25) is 24.6 Å². The Labute approximate surface area is 140 Å². The molecule has 0 aromatic heterocycles. The minimum absolute atomic E-state index is 0.0419. The summed E-state index contributed by atoms with van der Waals surface area (Å²) in [4.78, 5) is 39.6. The molecule has 2 rings (SSSR count). The fourth-order valence-corrected chi connectivity index (χ4v) is 2.64. The second kappa shape index (κ2) is 7.39. The first kappa shape index (κ1) is 17.9. The van der Waals surface area contributed by atoms with Gasteiger partial charge in [0.25, 0.3) is 5.69 Å². The number of nitro benzene ring substituents is 1. The fourth-order valence-electron chi connectivity index (χ4n) is 2.64. The standard InChI is InChI=1S/C16H22N4O4/c1-12(21)13-4-5-14(15(10-13)20(23)24)19-8-6-18(7-9-19)11-16(22)17(2)3/h4-5,10H,6-9,11H2,1-3H3.